The molecule has 0 saturated carbocycles. The van der Waals surface area contributed by atoms with Gasteiger partial charge in [-0.15, -0.1) is 0 Å². The fourth-order valence-corrected chi connectivity index (χ4v) is 3.65. The Hall–Kier alpha value is -1.46. The summed E-state index contributed by atoms with van der Waals surface area (Å²) in [4.78, 5) is 9.46. The number of nitrogens with one attached hydrogen (secondary N) is 2. The van der Waals surface area contributed by atoms with Crippen LogP contribution in [0.15, 0.2) is 18.3 Å². The molecular weight excluding hydrogens is 262 g/mol. The molecule has 21 heavy (non-hydrogen) atoms. The minimum absolute atomic E-state index is 0.357. The number of hydrogen-bond donors (Lipinski definition) is 2. The molecule has 2 fully saturated rings. The predicted octanol–water partition coefficient (Wildman–Crippen LogP) is 2.00. The van der Waals surface area contributed by atoms with Crippen molar-refractivity contribution in [3.8, 4) is 0 Å². The van der Waals surface area contributed by atoms with Crippen molar-refractivity contribution >= 4 is 11.2 Å². The van der Waals surface area contributed by atoms with E-state index in [1.54, 1.807) is 0 Å². The van der Waals surface area contributed by atoms with Gasteiger partial charge in [0.15, 0.2) is 5.65 Å². The Morgan fingerprint density at radius 1 is 1.14 bits per heavy atom. The Morgan fingerprint density at radius 2 is 2.10 bits per heavy atom. The summed E-state index contributed by atoms with van der Waals surface area (Å²) in [7, 11) is 0. The molecule has 2 aromatic rings. The molecule has 0 aliphatic carbocycles. The van der Waals surface area contributed by atoms with Crippen LogP contribution < -0.4 is 10.6 Å². The van der Waals surface area contributed by atoms with Crippen LogP contribution in [0.3, 0.4) is 0 Å². The van der Waals surface area contributed by atoms with Gasteiger partial charge in [0.05, 0.1) is 6.17 Å². The quantitative estimate of drug-likeness (QED) is 0.905. The van der Waals surface area contributed by atoms with Gasteiger partial charge in [0.25, 0.3) is 0 Å². The molecule has 5 nitrogen and oxygen atoms in total. The zero-order chi connectivity index (χ0) is 14.1. The van der Waals surface area contributed by atoms with Crippen molar-refractivity contribution < 1.29 is 0 Å². The number of imidazole rings is 1. The Morgan fingerprint density at radius 3 is 2.90 bits per heavy atom. The van der Waals surface area contributed by atoms with E-state index in [0.717, 1.165) is 30.7 Å². The SMILES string of the molecule is c1cnc2c(c1)nc(CC1CCCN1)n2C1CCCCN1. The van der Waals surface area contributed by atoms with E-state index in [9.17, 15) is 0 Å². The molecule has 112 valence electrons. The lowest BCUT2D eigenvalue weighted by Crippen LogP contribution is -2.34. The largest absolute Gasteiger partial charge is 0.314 e. The molecule has 2 aliphatic heterocycles. The molecule has 2 aliphatic rings. The van der Waals surface area contributed by atoms with Crippen LogP contribution in [0.1, 0.15) is 44.1 Å². The average Bonchev–Trinajstić information content (AvgIpc) is 3.15. The topological polar surface area (TPSA) is 54.8 Å². The van der Waals surface area contributed by atoms with E-state index in [0.29, 0.717) is 12.2 Å². The fourth-order valence-electron chi connectivity index (χ4n) is 3.65. The highest BCUT2D eigenvalue weighted by atomic mass is 15.2. The maximum atomic E-state index is 4.87. The van der Waals surface area contributed by atoms with E-state index < -0.39 is 0 Å². The summed E-state index contributed by atoms with van der Waals surface area (Å²) in [5, 5.41) is 7.23. The molecule has 2 saturated heterocycles. The third-order valence-electron chi connectivity index (χ3n) is 4.71. The first-order chi connectivity index (χ1) is 10.4. The lowest BCUT2D eigenvalue weighted by Gasteiger charge is -2.27. The summed E-state index contributed by atoms with van der Waals surface area (Å²) in [6.07, 6.45) is 9.51. The molecule has 5 heteroatoms. The smallest absolute Gasteiger partial charge is 0.161 e. The molecule has 4 rings (SSSR count). The number of aromatic nitrogens is 3. The number of nitrogens with zero attached hydrogens (tertiary/aromatic N) is 3. The van der Waals surface area contributed by atoms with Crippen molar-refractivity contribution in [2.24, 2.45) is 0 Å². The summed E-state index contributed by atoms with van der Waals surface area (Å²) in [5.74, 6) is 1.18. The summed E-state index contributed by atoms with van der Waals surface area (Å²) < 4.78 is 2.36. The van der Waals surface area contributed by atoms with E-state index >= 15 is 0 Å². The summed E-state index contributed by atoms with van der Waals surface area (Å²) in [6.45, 7) is 2.24. The fraction of sp³-hybridized carbons (Fsp3) is 0.625. The normalized spacial score (nSPS) is 26.5. The standard InChI is InChI=1S/C16H23N5/c1-2-8-18-14(7-1)21-15(11-12-5-3-9-17-12)20-13-6-4-10-19-16(13)21/h4,6,10,12,14,17-18H,1-3,5,7-9,11H2. The lowest BCUT2D eigenvalue weighted by molar-refractivity contribution is 0.317. The van der Waals surface area contributed by atoms with E-state index in [1.165, 1.54) is 37.9 Å². The molecule has 2 N–H and O–H groups in total. The maximum absolute atomic E-state index is 4.87. The van der Waals surface area contributed by atoms with Crippen LogP contribution in [-0.2, 0) is 6.42 Å². The van der Waals surface area contributed by atoms with Gasteiger partial charge in [-0.05, 0) is 57.3 Å². The molecule has 0 bridgehead atoms. The second-order valence-electron chi connectivity index (χ2n) is 6.21. The minimum Gasteiger partial charge on any atom is -0.314 e. The van der Waals surface area contributed by atoms with Crippen LogP contribution in [0, 0.1) is 0 Å². The Labute approximate surface area is 125 Å². The molecule has 0 spiro atoms. The van der Waals surface area contributed by atoms with E-state index in [1.807, 2.05) is 12.3 Å². The van der Waals surface area contributed by atoms with Gasteiger partial charge >= 0.3 is 0 Å². The van der Waals surface area contributed by atoms with Gasteiger partial charge in [-0.25, -0.2) is 9.97 Å². The van der Waals surface area contributed by atoms with Crippen LogP contribution in [0.4, 0.5) is 0 Å². The van der Waals surface area contributed by atoms with Crippen molar-refractivity contribution in [3.05, 3.63) is 24.2 Å². The summed E-state index contributed by atoms with van der Waals surface area (Å²) >= 11 is 0. The molecule has 2 atom stereocenters. The number of fused-ring (bicyclic) bond motifs is 1. The summed E-state index contributed by atoms with van der Waals surface area (Å²) in [5.41, 5.74) is 2.06. The molecule has 2 aromatic heterocycles. The third kappa shape index (κ3) is 2.56. The zero-order valence-corrected chi connectivity index (χ0v) is 12.4. The minimum atomic E-state index is 0.357. The van der Waals surface area contributed by atoms with Gasteiger partial charge < -0.3 is 5.32 Å². The van der Waals surface area contributed by atoms with Crippen LogP contribution in [0.25, 0.3) is 11.2 Å². The Balaban J connectivity index is 1.72. The second-order valence-corrected chi connectivity index (χ2v) is 6.21. The lowest BCUT2D eigenvalue weighted by atomic mass is 10.1. The Bertz CT molecular complexity index is 608. The first-order valence-corrected chi connectivity index (χ1v) is 8.20. The molecule has 0 amide bonds. The second kappa shape index (κ2) is 5.73. The predicted molar refractivity (Wildman–Crippen MR) is 83.1 cm³/mol. The van der Waals surface area contributed by atoms with Crippen LogP contribution >= 0.6 is 0 Å². The van der Waals surface area contributed by atoms with Crippen LogP contribution in [0.2, 0.25) is 0 Å². The first kappa shape index (κ1) is 13.2. The van der Waals surface area contributed by atoms with E-state index in [-0.39, 0.29) is 0 Å². The van der Waals surface area contributed by atoms with E-state index in [2.05, 4.69) is 26.3 Å². The van der Waals surface area contributed by atoms with E-state index in [4.69, 9.17) is 4.98 Å². The van der Waals surface area contributed by atoms with Gasteiger partial charge in [-0.3, -0.25) is 9.88 Å². The molecule has 0 aromatic carbocycles. The number of pyridine rings is 1. The molecular formula is C16H23N5. The van der Waals surface area contributed by atoms with Crippen molar-refractivity contribution in [2.75, 3.05) is 13.1 Å². The highest BCUT2D eigenvalue weighted by Crippen LogP contribution is 2.25. The van der Waals surface area contributed by atoms with Crippen molar-refractivity contribution in [3.63, 3.8) is 0 Å². The third-order valence-corrected chi connectivity index (χ3v) is 4.71. The number of hydrogen-bond acceptors (Lipinski definition) is 4. The van der Waals surface area contributed by atoms with Crippen LogP contribution in [0.5, 0.6) is 0 Å². The summed E-state index contributed by atoms with van der Waals surface area (Å²) in [6, 6.07) is 4.63. The van der Waals surface area contributed by atoms with Gasteiger partial charge in [-0.1, -0.05) is 0 Å². The van der Waals surface area contributed by atoms with Gasteiger partial charge in [0, 0.05) is 18.7 Å². The zero-order valence-electron chi connectivity index (χ0n) is 12.4. The Kier molecular flexibility index (Phi) is 3.61. The first-order valence-electron chi connectivity index (χ1n) is 8.20. The van der Waals surface area contributed by atoms with Gasteiger partial charge in [0.2, 0.25) is 0 Å². The molecule has 4 heterocycles. The maximum Gasteiger partial charge on any atom is 0.161 e. The van der Waals surface area contributed by atoms with Crippen molar-refractivity contribution in [1.29, 1.82) is 0 Å². The highest BCUT2D eigenvalue weighted by molar-refractivity contribution is 5.71. The van der Waals surface area contributed by atoms with Crippen molar-refractivity contribution in [2.45, 2.75) is 50.7 Å². The highest BCUT2D eigenvalue weighted by Gasteiger charge is 2.24. The number of rotatable bonds is 3. The molecule has 0 radical (unpaired) electrons. The monoisotopic (exact) mass is 285 g/mol. The molecule has 2 unspecified atom stereocenters. The van der Waals surface area contributed by atoms with Crippen molar-refractivity contribution in [1.82, 2.24) is 25.2 Å². The number of piperidine rings is 1. The average molecular weight is 285 g/mol. The van der Waals surface area contributed by atoms with Gasteiger partial charge in [0.1, 0.15) is 11.3 Å². The van der Waals surface area contributed by atoms with Crippen LogP contribution in [-0.4, -0.2) is 33.7 Å². The van der Waals surface area contributed by atoms with Gasteiger partial charge in [-0.2, -0.15) is 0 Å².